The van der Waals surface area contributed by atoms with Crippen molar-refractivity contribution < 1.29 is 19.4 Å². The highest BCUT2D eigenvalue weighted by Crippen LogP contribution is 2.38. The molecule has 0 saturated carbocycles. The predicted octanol–water partition coefficient (Wildman–Crippen LogP) is 1.69. The first kappa shape index (κ1) is 13.4. The van der Waals surface area contributed by atoms with Crippen molar-refractivity contribution in [3.63, 3.8) is 0 Å². The third-order valence-corrected chi connectivity index (χ3v) is 3.41. The average Bonchev–Trinajstić information content (AvgIpc) is 2.67. The number of carbonyl (C=O) groups excluding carboxylic acids is 1. The molecule has 2 rings (SSSR count). The lowest BCUT2D eigenvalue weighted by Gasteiger charge is -2.23. The highest BCUT2D eigenvalue weighted by atomic mass is 16.5. The normalized spacial score (nSPS) is 22.6. The van der Waals surface area contributed by atoms with Crippen LogP contribution in [-0.2, 0) is 9.59 Å². The highest BCUT2D eigenvalue weighted by molar-refractivity contribution is 5.87. The van der Waals surface area contributed by atoms with Crippen molar-refractivity contribution in [1.82, 2.24) is 4.90 Å². The van der Waals surface area contributed by atoms with Gasteiger partial charge in [-0.1, -0.05) is 12.1 Å². The fourth-order valence-electron chi connectivity index (χ4n) is 2.50. The summed E-state index contributed by atoms with van der Waals surface area (Å²) in [5.74, 6) is -1.09. The number of hydrogen-bond donors (Lipinski definition) is 1. The summed E-state index contributed by atoms with van der Waals surface area (Å²) in [6, 6.07) is 6.85. The number of carbonyl (C=O) groups is 2. The molecule has 1 aliphatic heterocycles. The van der Waals surface area contributed by atoms with Crippen LogP contribution in [0, 0.1) is 5.92 Å². The maximum Gasteiger partial charge on any atom is 0.309 e. The van der Waals surface area contributed by atoms with Crippen molar-refractivity contribution in [3.05, 3.63) is 29.8 Å². The van der Waals surface area contributed by atoms with Crippen molar-refractivity contribution >= 4 is 11.9 Å². The molecule has 1 aromatic carbocycles. The Morgan fingerprint density at radius 2 is 2.26 bits per heavy atom. The van der Waals surface area contributed by atoms with Crippen molar-refractivity contribution in [2.75, 3.05) is 13.7 Å². The van der Waals surface area contributed by atoms with Gasteiger partial charge in [0.2, 0.25) is 5.91 Å². The number of amides is 1. The molecule has 1 amide bonds. The van der Waals surface area contributed by atoms with Gasteiger partial charge in [-0.15, -0.1) is 0 Å². The molecule has 5 heteroatoms. The molecule has 0 radical (unpaired) electrons. The van der Waals surface area contributed by atoms with Crippen molar-refractivity contribution in [2.24, 2.45) is 5.92 Å². The van der Waals surface area contributed by atoms with Crippen LogP contribution in [0.5, 0.6) is 5.75 Å². The molecule has 102 valence electrons. The van der Waals surface area contributed by atoms with Crippen LogP contribution < -0.4 is 4.74 Å². The zero-order valence-corrected chi connectivity index (χ0v) is 11.0. The molecule has 0 aromatic heterocycles. The number of likely N-dealkylation sites (tertiary alicyclic amines) is 1. The summed E-state index contributed by atoms with van der Waals surface area (Å²) in [4.78, 5) is 24.5. The summed E-state index contributed by atoms with van der Waals surface area (Å²) in [7, 11) is 1.64. The number of ether oxygens (including phenoxy) is 1. The minimum atomic E-state index is -0.940. The van der Waals surface area contributed by atoms with E-state index < -0.39 is 17.9 Å². The Bertz CT molecular complexity index is 500. The third kappa shape index (κ3) is 2.54. The Labute approximate surface area is 111 Å². The van der Waals surface area contributed by atoms with Crippen molar-refractivity contribution in [1.29, 1.82) is 0 Å². The second kappa shape index (κ2) is 5.30. The summed E-state index contributed by atoms with van der Waals surface area (Å²) < 4.78 is 5.41. The Morgan fingerprint density at radius 1 is 1.53 bits per heavy atom. The van der Waals surface area contributed by atoms with Gasteiger partial charge in [0.1, 0.15) is 5.75 Å². The maximum atomic E-state index is 11.7. The van der Waals surface area contributed by atoms with Gasteiger partial charge in [-0.2, -0.15) is 0 Å². The van der Waals surface area contributed by atoms with E-state index >= 15 is 0 Å². The Balaban J connectivity index is 2.34. The first-order valence-electron chi connectivity index (χ1n) is 6.25. The van der Waals surface area contributed by atoms with Crippen molar-refractivity contribution in [2.45, 2.75) is 19.4 Å². The lowest BCUT2D eigenvalue weighted by atomic mass is 9.94. The molecule has 1 aliphatic rings. The Morgan fingerprint density at radius 3 is 2.89 bits per heavy atom. The number of rotatable bonds is 4. The fourth-order valence-corrected chi connectivity index (χ4v) is 2.50. The molecule has 0 bridgehead atoms. The molecule has 1 fully saturated rings. The topological polar surface area (TPSA) is 66.8 Å². The summed E-state index contributed by atoms with van der Waals surface area (Å²) in [5, 5.41) is 9.24. The number of nitrogens with zero attached hydrogens (tertiary/aromatic N) is 1. The molecule has 1 N–H and O–H groups in total. The average molecular weight is 263 g/mol. The van der Waals surface area contributed by atoms with E-state index in [1.807, 2.05) is 25.1 Å². The molecule has 5 nitrogen and oxygen atoms in total. The van der Waals surface area contributed by atoms with Crippen LogP contribution in [0.15, 0.2) is 24.3 Å². The van der Waals surface area contributed by atoms with E-state index in [9.17, 15) is 14.7 Å². The van der Waals surface area contributed by atoms with Gasteiger partial charge < -0.3 is 14.7 Å². The van der Waals surface area contributed by atoms with Gasteiger partial charge in [0.15, 0.2) is 0 Å². The van der Waals surface area contributed by atoms with E-state index in [1.54, 1.807) is 13.1 Å². The lowest BCUT2D eigenvalue weighted by molar-refractivity contribution is -0.142. The summed E-state index contributed by atoms with van der Waals surface area (Å²) in [5.41, 5.74) is 0.798. The van der Waals surface area contributed by atoms with E-state index in [1.165, 1.54) is 4.90 Å². The van der Waals surface area contributed by atoms with Gasteiger partial charge in [0, 0.05) is 13.5 Å². The third-order valence-electron chi connectivity index (χ3n) is 3.41. The summed E-state index contributed by atoms with van der Waals surface area (Å²) >= 11 is 0. The molecule has 1 aromatic rings. The van der Waals surface area contributed by atoms with Crippen LogP contribution in [0.4, 0.5) is 0 Å². The number of carboxylic acids is 1. The molecule has 0 spiro atoms. The zero-order chi connectivity index (χ0) is 14.0. The maximum absolute atomic E-state index is 11.7. The SMILES string of the molecule is CCOc1cccc(C2C(C(=O)O)CC(=O)N2C)c1. The van der Waals surface area contributed by atoms with Crippen LogP contribution in [0.25, 0.3) is 0 Å². The van der Waals surface area contributed by atoms with Crippen LogP contribution in [0.3, 0.4) is 0 Å². The molecule has 2 atom stereocenters. The van der Waals surface area contributed by atoms with E-state index in [0.29, 0.717) is 12.4 Å². The van der Waals surface area contributed by atoms with Crippen LogP contribution in [0.2, 0.25) is 0 Å². The van der Waals surface area contributed by atoms with Gasteiger partial charge in [-0.25, -0.2) is 0 Å². The first-order valence-corrected chi connectivity index (χ1v) is 6.25. The molecule has 1 saturated heterocycles. The quantitative estimate of drug-likeness (QED) is 0.897. The first-order chi connectivity index (χ1) is 9.04. The minimum absolute atomic E-state index is 0.0510. The van der Waals surface area contributed by atoms with Gasteiger partial charge in [-0.3, -0.25) is 9.59 Å². The fraction of sp³-hybridized carbons (Fsp3) is 0.429. The van der Waals surface area contributed by atoms with Gasteiger partial charge >= 0.3 is 5.97 Å². The zero-order valence-electron chi connectivity index (χ0n) is 11.0. The van der Waals surface area contributed by atoms with Crippen molar-refractivity contribution in [3.8, 4) is 5.75 Å². The molecule has 0 aliphatic carbocycles. The Kier molecular flexibility index (Phi) is 3.74. The Hall–Kier alpha value is -2.04. The summed E-state index contributed by atoms with van der Waals surface area (Å²) in [6.07, 6.45) is 0.0510. The minimum Gasteiger partial charge on any atom is -0.494 e. The molecule has 1 heterocycles. The van der Waals surface area contributed by atoms with Crippen LogP contribution >= 0.6 is 0 Å². The summed E-state index contributed by atoms with van der Waals surface area (Å²) in [6.45, 7) is 2.43. The number of benzene rings is 1. The second-order valence-electron chi connectivity index (χ2n) is 4.60. The monoisotopic (exact) mass is 263 g/mol. The largest absolute Gasteiger partial charge is 0.494 e. The van der Waals surface area contributed by atoms with E-state index in [-0.39, 0.29) is 12.3 Å². The number of aliphatic carboxylic acids is 1. The van der Waals surface area contributed by atoms with Crippen LogP contribution in [-0.4, -0.2) is 35.5 Å². The van der Waals surface area contributed by atoms with E-state index in [4.69, 9.17) is 4.74 Å². The van der Waals surface area contributed by atoms with E-state index in [2.05, 4.69) is 0 Å². The number of carboxylic acid groups (broad SMARTS) is 1. The molecular formula is C14H17NO4. The molecular weight excluding hydrogens is 246 g/mol. The molecule has 2 unspecified atom stereocenters. The second-order valence-corrected chi connectivity index (χ2v) is 4.60. The predicted molar refractivity (Wildman–Crippen MR) is 68.9 cm³/mol. The molecule has 19 heavy (non-hydrogen) atoms. The lowest BCUT2D eigenvalue weighted by Crippen LogP contribution is -2.26. The van der Waals surface area contributed by atoms with Gasteiger partial charge in [-0.05, 0) is 24.6 Å². The smallest absolute Gasteiger partial charge is 0.309 e. The highest BCUT2D eigenvalue weighted by Gasteiger charge is 2.42. The van der Waals surface area contributed by atoms with Crippen LogP contribution in [0.1, 0.15) is 24.9 Å². The standard InChI is InChI=1S/C14H17NO4/c1-3-19-10-6-4-5-9(7-10)13-11(14(17)18)8-12(16)15(13)2/h4-7,11,13H,3,8H2,1-2H3,(H,17,18). The van der Waals surface area contributed by atoms with Gasteiger partial charge in [0.25, 0.3) is 0 Å². The van der Waals surface area contributed by atoms with E-state index in [0.717, 1.165) is 5.56 Å². The number of hydrogen-bond acceptors (Lipinski definition) is 3. The van der Waals surface area contributed by atoms with Gasteiger partial charge in [0.05, 0.1) is 18.6 Å².